The van der Waals surface area contributed by atoms with E-state index < -0.39 is 12.0 Å². The molecule has 0 fully saturated rings. The number of nitrogens with zero attached hydrogens (tertiary/aromatic N) is 1. The van der Waals surface area contributed by atoms with E-state index in [1.165, 1.54) is 18.7 Å². The molecule has 2 aromatic rings. The summed E-state index contributed by atoms with van der Waals surface area (Å²) in [5.41, 5.74) is 0.963. The van der Waals surface area contributed by atoms with E-state index >= 15 is 0 Å². The molecule has 1 amide bonds. The first kappa shape index (κ1) is 14.8. The number of para-hydroxylation sites is 1. The zero-order valence-electron chi connectivity index (χ0n) is 10.8. The highest BCUT2D eigenvalue weighted by Gasteiger charge is 2.18. The third kappa shape index (κ3) is 3.94. The predicted molar refractivity (Wildman–Crippen MR) is 81.0 cm³/mol. The topological polar surface area (TPSA) is 79.3 Å². The van der Waals surface area contributed by atoms with Crippen molar-refractivity contribution in [1.29, 1.82) is 0 Å². The van der Waals surface area contributed by atoms with Gasteiger partial charge in [0.05, 0.1) is 10.2 Å². The lowest BCUT2D eigenvalue weighted by Crippen LogP contribution is -2.41. The minimum absolute atomic E-state index is 0.324. The number of aliphatic carboxylic acids is 1. The van der Waals surface area contributed by atoms with Gasteiger partial charge in [-0.15, -0.1) is 11.3 Å². The smallest absolute Gasteiger partial charge is 0.327 e. The molecular formula is C13H14N2O3S2. The molecule has 2 rings (SSSR count). The van der Waals surface area contributed by atoms with Gasteiger partial charge in [-0.25, -0.2) is 9.78 Å². The Kier molecular flexibility index (Phi) is 4.97. The number of hydrogen-bond donors (Lipinski definition) is 2. The second-order valence-corrected chi connectivity index (χ2v) is 6.33. The second kappa shape index (κ2) is 6.71. The Bertz CT molecular complexity index is 594. The van der Waals surface area contributed by atoms with Gasteiger partial charge in [-0.05, 0) is 12.1 Å². The van der Waals surface area contributed by atoms with Crippen molar-refractivity contribution in [1.82, 2.24) is 10.3 Å². The average Bonchev–Trinajstić information content (AvgIpc) is 2.79. The first-order valence-corrected chi connectivity index (χ1v) is 7.95. The van der Waals surface area contributed by atoms with Gasteiger partial charge in [-0.3, -0.25) is 4.79 Å². The van der Waals surface area contributed by atoms with Gasteiger partial charge in [0.2, 0.25) is 5.91 Å². The number of carboxylic acid groups (broad SMARTS) is 1. The van der Waals surface area contributed by atoms with E-state index in [2.05, 4.69) is 10.3 Å². The van der Waals surface area contributed by atoms with Crippen LogP contribution in [0.2, 0.25) is 0 Å². The first-order chi connectivity index (χ1) is 9.56. The number of aromatic nitrogens is 1. The van der Waals surface area contributed by atoms with Gasteiger partial charge < -0.3 is 10.4 Å². The quantitative estimate of drug-likeness (QED) is 0.854. The maximum atomic E-state index is 11.0. The Labute approximate surface area is 124 Å². The number of hydrogen-bond acceptors (Lipinski definition) is 5. The van der Waals surface area contributed by atoms with Crippen molar-refractivity contribution in [3.05, 3.63) is 29.3 Å². The van der Waals surface area contributed by atoms with Crippen LogP contribution in [-0.2, 0) is 15.3 Å². The SMILES string of the molecule is CC(=O)NC(CSCc1nc2ccccc2s1)C(=O)O. The van der Waals surface area contributed by atoms with Crippen molar-refractivity contribution in [2.75, 3.05) is 5.75 Å². The summed E-state index contributed by atoms with van der Waals surface area (Å²) >= 11 is 3.06. The summed E-state index contributed by atoms with van der Waals surface area (Å²) in [6, 6.07) is 7.02. The van der Waals surface area contributed by atoms with Crippen LogP contribution >= 0.6 is 23.1 Å². The van der Waals surface area contributed by atoms with E-state index in [9.17, 15) is 9.59 Å². The van der Waals surface area contributed by atoms with Crippen molar-refractivity contribution < 1.29 is 14.7 Å². The Morgan fingerprint density at radius 1 is 1.45 bits per heavy atom. The Hall–Kier alpha value is -1.60. The van der Waals surface area contributed by atoms with Crippen LogP contribution in [-0.4, -0.2) is 33.8 Å². The number of nitrogens with one attached hydrogen (secondary N) is 1. The molecule has 5 nitrogen and oxygen atoms in total. The highest BCUT2D eigenvalue weighted by atomic mass is 32.2. The molecule has 0 radical (unpaired) electrons. The normalized spacial score (nSPS) is 12.2. The van der Waals surface area contributed by atoms with Crippen LogP contribution in [0.25, 0.3) is 10.2 Å². The van der Waals surface area contributed by atoms with Crippen LogP contribution in [0.5, 0.6) is 0 Å². The first-order valence-electron chi connectivity index (χ1n) is 5.98. The third-order valence-electron chi connectivity index (χ3n) is 2.52. The highest BCUT2D eigenvalue weighted by Crippen LogP contribution is 2.24. The summed E-state index contributed by atoms with van der Waals surface area (Å²) in [5, 5.41) is 12.4. The molecule has 1 aromatic heterocycles. The number of carboxylic acids is 1. The van der Waals surface area contributed by atoms with Crippen LogP contribution in [0, 0.1) is 0 Å². The molecule has 20 heavy (non-hydrogen) atoms. The number of fused-ring (bicyclic) bond motifs is 1. The zero-order chi connectivity index (χ0) is 14.5. The van der Waals surface area contributed by atoms with Crippen LogP contribution in [0.3, 0.4) is 0 Å². The molecule has 1 atom stereocenters. The molecular weight excluding hydrogens is 296 g/mol. The Morgan fingerprint density at radius 2 is 2.20 bits per heavy atom. The maximum Gasteiger partial charge on any atom is 0.327 e. The summed E-state index contributed by atoms with van der Waals surface area (Å²) in [5.74, 6) is -0.386. The van der Waals surface area contributed by atoms with Crippen LogP contribution in [0.1, 0.15) is 11.9 Å². The number of thiazole rings is 1. The summed E-state index contributed by atoms with van der Waals surface area (Å²) < 4.78 is 1.12. The molecule has 0 aliphatic carbocycles. The van der Waals surface area contributed by atoms with Crippen molar-refractivity contribution in [2.45, 2.75) is 18.7 Å². The molecule has 7 heteroatoms. The highest BCUT2D eigenvalue weighted by molar-refractivity contribution is 7.98. The zero-order valence-corrected chi connectivity index (χ0v) is 12.5. The third-order valence-corrected chi connectivity index (χ3v) is 4.79. The molecule has 1 unspecified atom stereocenters. The molecule has 1 aromatic carbocycles. The Balaban J connectivity index is 1.91. The lowest BCUT2D eigenvalue weighted by molar-refractivity contribution is -0.140. The van der Waals surface area contributed by atoms with Gasteiger partial charge >= 0.3 is 5.97 Å². The van der Waals surface area contributed by atoms with Gasteiger partial charge in [-0.2, -0.15) is 11.8 Å². The van der Waals surface area contributed by atoms with Crippen LogP contribution in [0.15, 0.2) is 24.3 Å². The lowest BCUT2D eigenvalue weighted by Gasteiger charge is -2.11. The number of rotatable bonds is 6. The minimum atomic E-state index is -1.02. The summed E-state index contributed by atoms with van der Waals surface area (Å²) in [6.45, 7) is 1.31. The Morgan fingerprint density at radius 3 is 2.85 bits per heavy atom. The van der Waals surface area contributed by atoms with Gasteiger partial charge in [0.1, 0.15) is 11.0 Å². The summed E-state index contributed by atoms with van der Waals surface area (Å²) in [4.78, 5) is 26.4. The number of amides is 1. The molecule has 0 aliphatic rings. The van der Waals surface area contributed by atoms with Gasteiger partial charge in [0, 0.05) is 18.4 Å². The fourth-order valence-corrected chi connectivity index (χ4v) is 3.73. The van der Waals surface area contributed by atoms with Gasteiger partial charge in [0.25, 0.3) is 0 Å². The monoisotopic (exact) mass is 310 g/mol. The van der Waals surface area contributed by atoms with Crippen LogP contribution in [0.4, 0.5) is 0 Å². The van der Waals surface area contributed by atoms with Gasteiger partial charge in [-0.1, -0.05) is 12.1 Å². The summed E-state index contributed by atoms with van der Waals surface area (Å²) in [7, 11) is 0. The van der Waals surface area contributed by atoms with E-state index in [-0.39, 0.29) is 5.91 Å². The maximum absolute atomic E-state index is 11.0. The largest absolute Gasteiger partial charge is 0.480 e. The molecule has 1 heterocycles. The number of thioether (sulfide) groups is 1. The van der Waals surface area contributed by atoms with Crippen molar-refractivity contribution in [3.8, 4) is 0 Å². The molecule has 0 spiro atoms. The molecule has 0 aliphatic heterocycles. The van der Waals surface area contributed by atoms with E-state index in [1.807, 2.05) is 24.3 Å². The molecule has 0 saturated heterocycles. The predicted octanol–water partition coefficient (Wildman–Crippen LogP) is 2.12. The number of carbonyl (C=O) groups excluding carboxylic acids is 1. The number of benzene rings is 1. The lowest BCUT2D eigenvalue weighted by atomic mass is 10.3. The van der Waals surface area contributed by atoms with Gasteiger partial charge in [0.15, 0.2) is 0 Å². The van der Waals surface area contributed by atoms with E-state index in [0.29, 0.717) is 11.5 Å². The van der Waals surface area contributed by atoms with E-state index in [4.69, 9.17) is 5.11 Å². The standard InChI is InChI=1S/C13H14N2O3S2/c1-8(16)14-10(13(17)18)6-19-7-12-15-9-4-2-3-5-11(9)20-12/h2-5,10H,6-7H2,1H3,(H,14,16)(H,17,18). The van der Waals surface area contributed by atoms with Crippen molar-refractivity contribution in [3.63, 3.8) is 0 Å². The second-order valence-electron chi connectivity index (χ2n) is 4.18. The fraction of sp³-hybridized carbons (Fsp3) is 0.308. The fourth-order valence-electron chi connectivity index (χ4n) is 1.67. The van der Waals surface area contributed by atoms with Crippen molar-refractivity contribution >= 4 is 45.2 Å². The molecule has 2 N–H and O–H groups in total. The summed E-state index contributed by atoms with van der Waals surface area (Å²) in [6.07, 6.45) is 0. The van der Waals surface area contributed by atoms with E-state index in [0.717, 1.165) is 15.2 Å². The number of carbonyl (C=O) groups is 2. The molecule has 0 bridgehead atoms. The average molecular weight is 310 g/mol. The molecule has 0 saturated carbocycles. The van der Waals surface area contributed by atoms with E-state index in [1.54, 1.807) is 11.3 Å². The van der Waals surface area contributed by atoms with Crippen LogP contribution < -0.4 is 5.32 Å². The molecule has 106 valence electrons. The van der Waals surface area contributed by atoms with Crippen molar-refractivity contribution in [2.24, 2.45) is 0 Å². The minimum Gasteiger partial charge on any atom is -0.480 e.